The molecule has 3 atom stereocenters. The molecule has 2 unspecified atom stereocenters. The fourth-order valence-electron chi connectivity index (χ4n) is 2.52. The van der Waals surface area contributed by atoms with Crippen molar-refractivity contribution in [3.8, 4) is 0 Å². The van der Waals surface area contributed by atoms with Gasteiger partial charge in [-0.25, -0.2) is 0 Å². The monoisotopic (exact) mass is 160 g/mol. The SMILES string of the molecule is CC1=CC=CC2CC=C[C@H](C)C12. The highest BCUT2D eigenvalue weighted by Crippen LogP contribution is 2.38. The Kier molecular flexibility index (Phi) is 1.92. The second kappa shape index (κ2) is 2.93. The van der Waals surface area contributed by atoms with Gasteiger partial charge in [0.2, 0.25) is 0 Å². The lowest BCUT2D eigenvalue weighted by Crippen LogP contribution is -2.24. The molecule has 0 saturated carbocycles. The first-order valence-corrected chi connectivity index (χ1v) is 4.80. The minimum Gasteiger partial charge on any atom is -0.0876 e. The van der Waals surface area contributed by atoms with Crippen LogP contribution < -0.4 is 0 Å². The highest BCUT2D eigenvalue weighted by atomic mass is 14.3. The molecule has 0 amide bonds. The molecule has 0 N–H and O–H groups in total. The highest BCUT2D eigenvalue weighted by molar-refractivity contribution is 5.25. The molecule has 0 aromatic carbocycles. The van der Waals surface area contributed by atoms with Crippen LogP contribution in [0.3, 0.4) is 0 Å². The molecule has 0 aromatic heterocycles. The predicted molar refractivity (Wildman–Crippen MR) is 52.8 cm³/mol. The lowest BCUT2D eigenvalue weighted by atomic mass is 9.71. The summed E-state index contributed by atoms with van der Waals surface area (Å²) in [5.74, 6) is 2.28. The van der Waals surface area contributed by atoms with Crippen molar-refractivity contribution in [1.82, 2.24) is 0 Å². The van der Waals surface area contributed by atoms with Gasteiger partial charge in [-0.2, -0.15) is 0 Å². The maximum atomic E-state index is 2.36. The summed E-state index contributed by atoms with van der Waals surface area (Å²) in [7, 11) is 0. The summed E-state index contributed by atoms with van der Waals surface area (Å²) in [4.78, 5) is 0. The molecule has 2 aliphatic carbocycles. The van der Waals surface area contributed by atoms with E-state index >= 15 is 0 Å². The van der Waals surface area contributed by atoms with Crippen LogP contribution in [0.2, 0.25) is 0 Å². The maximum absolute atomic E-state index is 2.36. The van der Waals surface area contributed by atoms with E-state index in [1.54, 1.807) is 5.57 Å². The van der Waals surface area contributed by atoms with Gasteiger partial charge in [0.05, 0.1) is 0 Å². The zero-order chi connectivity index (χ0) is 8.55. The molecule has 0 nitrogen and oxygen atoms in total. The van der Waals surface area contributed by atoms with E-state index in [2.05, 4.69) is 44.2 Å². The van der Waals surface area contributed by atoms with Crippen LogP contribution in [-0.4, -0.2) is 0 Å². The molecule has 0 spiro atoms. The Bertz CT molecular complexity index is 255. The Morgan fingerprint density at radius 2 is 2.17 bits per heavy atom. The van der Waals surface area contributed by atoms with Gasteiger partial charge in [0.25, 0.3) is 0 Å². The van der Waals surface area contributed by atoms with Gasteiger partial charge in [-0.15, -0.1) is 0 Å². The quantitative estimate of drug-likeness (QED) is 0.477. The summed E-state index contributed by atoms with van der Waals surface area (Å²) < 4.78 is 0. The fraction of sp³-hybridized carbons (Fsp3) is 0.500. The zero-order valence-corrected chi connectivity index (χ0v) is 7.83. The highest BCUT2D eigenvalue weighted by Gasteiger charge is 2.28. The van der Waals surface area contributed by atoms with Crippen molar-refractivity contribution in [2.75, 3.05) is 0 Å². The van der Waals surface area contributed by atoms with Gasteiger partial charge in [0, 0.05) is 0 Å². The van der Waals surface area contributed by atoms with Crippen LogP contribution in [0, 0.1) is 17.8 Å². The molecule has 0 aromatic rings. The third-order valence-electron chi connectivity index (χ3n) is 3.12. The Balaban J connectivity index is 2.30. The van der Waals surface area contributed by atoms with E-state index in [0.29, 0.717) is 0 Å². The largest absolute Gasteiger partial charge is 0.0876 e. The van der Waals surface area contributed by atoms with Crippen LogP contribution in [0.15, 0.2) is 36.0 Å². The van der Waals surface area contributed by atoms with Crippen LogP contribution in [0.25, 0.3) is 0 Å². The van der Waals surface area contributed by atoms with Crippen LogP contribution in [-0.2, 0) is 0 Å². The third-order valence-corrected chi connectivity index (χ3v) is 3.12. The van der Waals surface area contributed by atoms with E-state index < -0.39 is 0 Å². The third kappa shape index (κ3) is 1.16. The van der Waals surface area contributed by atoms with Gasteiger partial charge >= 0.3 is 0 Å². The van der Waals surface area contributed by atoms with E-state index in [-0.39, 0.29) is 0 Å². The molecule has 64 valence electrons. The predicted octanol–water partition coefficient (Wildman–Crippen LogP) is 3.33. The summed E-state index contributed by atoms with van der Waals surface area (Å²) in [6, 6.07) is 0. The van der Waals surface area contributed by atoms with E-state index in [1.807, 2.05) is 0 Å². The number of hydrogen-bond acceptors (Lipinski definition) is 0. The van der Waals surface area contributed by atoms with Gasteiger partial charge < -0.3 is 0 Å². The first-order valence-electron chi connectivity index (χ1n) is 4.80. The average Bonchev–Trinajstić information content (AvgIpc) is 2.04. The molecule has 2 aliphatic rings. The molecule has 0 saturated heterocycles. The molecular weight excluding hydrogens is 144 g/mol. The molecule has 0 heterocycles. The molecule has 0 aliphatic heterocycles. The fourth-order valence-corrected chi connectivity index (χ4v) is 2.52. The van der Waals surface area contributed by atoms with Gasteiger partial charge in [-0.05, 0) is 31.1 Å². The minimum absolute atomic E-state index is 0.727. The molecular formula is C12H16. The van der Waals surface area contributed by atoms with Crippen molar-refractivity contribution in [2.24, 2.45) is 17.8 Å². The van der Waals surface area contributed by atoms with E-state index in [1.165, 1.54) is 6.42 Å². The first kappa shape index (κ1) is 7.85. The lowest BCUT2D eigenvalue weighted by Gasteiger charge is -2.34. The summed E-state index contributed by atoms with van der Waals surface area (Å²) >= 11 is 0. The Morgan fingerprint density at radius 1 is 1.33 bits per heavy atom. The van der Waals surface area contributed by atoms with E-state index in [9.17, 15) is 0 Å². The zero-order valence-electron chi connectivity index (χ0n) is 7.83. The molecule has 2 rings (SSSR count). The van der Waals surface area contributed by atoms with Crippen molar-refractivity contribution in [2.45, 2.75) is 20.3 Å². The van der Waals surface area contributed by atoms with Crippen LogP contribution in [0.5, 0.6) is 0 Å². The van der Waals surface area contributed by atoms with Crippen molar-refractivity contribution in [3.63, 3.8) is 0 Å². The summed E-state index contributed by atoms with van der Waals surface area (Å²) in [5.41, 5.74) is 1.55. The van der Waals surface area contributed by atoms with Gasteiger partial charge in [-0.3, -0.25) is 0 Å². The Morgan fingerprint density at radius 3 is 2.92 bits per heavy atom. The van der Waals surface area contributed by atoms with Crippen molar-refractivity contribution in [3.05, 3.63) is 36.0 Å². The standard InChI is InChI=1S/C12H16/c1-9-5-3-7-11-8-4-6-10(2)12(9)11/h3-7,10-12H,8H2,1-2H3/t10-,11?,12?/m0/s1. The van der Waals surface area contributed by atoms with Gasteiger partial charge in [0.15, 0.2) is 0 Å². The van der Waals surface area contributed by atoms with Crippen LogP contribution in [0.1, 0.15) is 20.3 Å². The molecule has 0 fully saturated rings. The second-order valence-corrected chi connectivity index (χ2v) is 4.01. The van der Waals surface area contributed by atoms with E-state index in [0.717, 1.165) is 17.8 Å². The maximum Gasteiger partial charge on any atom is -0.00765 e. The minimum atomic E-state index is 0.727. The van der Waals surface area contributed by atoms with Crippen molar-refractivity contribution in [1.29, 1.82) is 0 Å². The summed E-state index contributed by atoms with van der Waals surface area (Å²) in [6.07, 6.45) is 12.8. The normalized spacial score (nSPS) is 39.2. The van der Waals surface area contributed by atoms with Crippen molar-refractivity contribution < 1.29 is 0 Å². The molecule has 12 heavy (non-hydrogen) atoms. The second-order valence-electron chi connectivity index (χ2n) is 4.01. The van der Waals surface area contributed by atoms with E-state index in [4.69, 9.17) is 0 Å². The van der Waals surface area contributed by atoms with Gasteiger partial charge in [0.1, 0.15) is 0 Å². The first-order chi connectivity index (χ1) is 5.79. The number of hydrogen-bond donors (Lipinski definition) is 0. The molecule has 0 radical (unpaired) electrons. The van der Waals surface area contributed by atoms with Crippen LogP contribution >= 0.6 is 0 Å². The van der Waals surface area contributed by atoms with Crippen LogP contribution in [0.4, 0.5) is 0 Å². The number of rotatable bonds is 0. The molecule has 0 bridgehead atoms. The Labute approximate surface area is 74.7 Å². The number of fused-ring (bicyclic) bond motifs is 1. The topological polar surface area (TPSA) is 0 Å². The summed E-state index contributed by atoms with van der Waals surface area (Å²) in [5, 5.41) is 0. The Hall–Kier alpha value is -0.780. The lowest BCUT2D eigenvalue weighted by molar-refractivity contribution is 0.353. The van der Waals surface area contributed by atoms with Crippen molar-refractivity contribution >= 4 is 0 Å². The number of allylic oxidation sites excluding steroid dienone is 6. The smallest absolute Gasteiger partial charge is 0.00765 e. The molecule has 0 heteroatoms. The average molecular weight is 160 g/mol. The van der Waals surface area contributed by atoms with Gasteiger partial charge in [-0.1, -0.05) is 42.9 Å². The summed E-state index contributed by atoms with van der Waals surface area (Å²) in [6.45, 7) is 4.58.